The van der Waals surface area contributed by atoms with Crippen LogP contribution in [0.15, 0.2) is 48.6 Å². The van der Waals surface area contributed by atoms with E-state index in [1.54, 1.807) is 7.11 Å². The van der Waals surface area contributed by atoms with Gasteiger partial charge < -0.3 is 19.1 Å². The van der Waals surface area contributed by atoms with Crippen LogP contribution in [0, 0.1) is 10.1 Å². The molecule has 8 nitrogen and oxygen atoms in total. The molecule has 0 amide bonds. The Morgan fingerprint density at radius 1 is 1.25 bits per heavy atom. The van der Waals surface area contributed by atoms with Crippen molar-refractivity contribution < 1.29 is 23.9 Å². The molecule has 0 saturated heterocycles. The van der Waals surface area contributed by atoms with E-state index in [9.17, 15) is 14.9 Å². The van der Waals surface area contributed by atoms with Gasteiger partial charge in [-0.25, -0.2) is 4.79 Å². The number of non-ortho nitro benzene ring substituents is 1. The Morgan fingerprint density at radius 3 is 2.75 bits per heavy atom. The van der Waals surface area contributed by atoms with Crippen molar-refractivity contribution in [2.45, 2.75) is 37.0 Å². The number of methoxy groups -OCH3 is 1. The third kappa shape index (κ3) is 3.22. The molecular formula is C24H24N2O6. The van der Waals surface area contributed by atoms with Gasteiger partial charge in [0.15, 0.2) is 11.5 Å². The van der Waals surface area contributed by atoms with Gasteiger partial charge in [-0.05, 0) is 49.9 Å². The van der Waals surface area contributed by atoms with Gasteiger partial charge in [0.2, 0.25) is 0 Å². The first-order valence-corrected chi connectivity index (χ1v) is 10.6. The number of ether oxygens (including phenoxy) is 3. The van der Waals surface area contributed by atoms with Crippen LogP contribution in [0.5, 0.6) is 11.5 Å². The normalized spacial score (nSPS) is 25.8. The fraction of sp³-hybridized carbons (Fsp3) is 0.375. The predicted octanol–water partition coefficient (Wildman–Crippen LogP) is 3.62. The van der Waals surface area contributed by atoms with Gasteiger partial charge in [-0.1, -0.05) is 12.1 Å². The summed E-state index contributed by atoms with van der Waals surface area (Å²) < 4.78 is 17.7. The first-order valence-electron chi connectivity index (χ1n) is 10.6. The van der Waals surface area contributed by atoms with E-state index in [-0.39, 0.29) is 22.8 Å². The zero-order chi connectivity index (χ0) is 22.5. The van der Waals surface area contributed by atoms with E-state index in [2.05, 4.69) is 24.1 Å². The molecule has 8 heteroatoms. The second kappa shape index (κ2) is 7.63. The average Bonchev–Trinajstić information content (AvgIpc) is 3.05. The minimum absolute atomic E-state index is 0.0683. The first-order chi connectivity index (χ1) is 15.4. The van der Waals surface area contributed by atoms with Crippen LogP contribution >= 0.6 is 0 Å². The summed E-state index contributed by atoms with van der Waals surface area (Å²) in [5.41, 5.74) is 2.35. The Morgan fingerprint density at radius 2 is 2.03 bits per heavy atom. The standard InChI is InChI=1S/C24H24N2O6/c1-25-12-11-24-10-9-18(31-23(27)15-3-6-17(7-4-15)26(28)29)13-20(24)32-22-19(30-2)8-5-16(14-25)21(22)24/h3-10,18,20H,11-14H2,1-2H3/t18-,20-,24-/m0/s1. The summed E-state index contributed by atoms with van der Waals surface area (Å²) in [6.45, 7) is 1.77. The molecular weight excluding hydrogens is 412 g/mol. The number of hydrogen-bond donors (Lipinski definition) is 0. The highest BCUT2D eigenvalue weighted by atomic mass is 16.6. The van der Waals surface area contributed by atoms with Crippen LogP contribution in [0.1, 0.15) is 34.3 Å². The average molecular weight is 436 g/mol. The van der Waals surface area contributed by atoms with Gasteiger partial charge in [0.25, 0.3) is 5.69 Å². The van der Waals surface area contributed by atoms with Crippen molar-refractivity contribution >= 4 is 11.7 Å². The smallest absolute Gasteiger partial charge is 0.338 e. The van der Waals surface area contributed by atoms with Gasteiger partial charge in [0.05, 0.1) is 23.0 Å². The van der Waals surface area contributed by atoms with Crippen molar-refractivity contribution in [1.82, 2.24) is 4.90 Å². The number of rotatable bonds is 4. The maximum atomic E-state index is 12.6. The van der Waals surface area contributed by atoms with Crippen molar-refractivity contribution in [3.05, 3.63) is 75.4 Å². The lowest BCUT2D eigenvalue weighted by atomic mass is 9.69. The van der Waals surface area contributed by atoms with Crippen LogP contribution < -0.4 is 9.47 Å². The van der Waals surface area contributed by atoms with E-state index < -0.39 is 17.0 Å². The third-order valence-electron chi connectivity index (χ3n) is 6.70. The van der Waals surface area contributed by atoms with Crippen LogP contribution in [0.2, 0.25) is 0 Å². The van der Waals surface area contributed by atoms with E-state index in [0.29, 0.717) is 6.42 Å². The van der Waals surface area contributed by atoms with Crippen molar-refractivity contribution in [2.24, 2.45) is 0 Å². The van der Waals surface area contributed by atoms with Crippen molar-refractivity contribution in [3.63, 3.8) is 0 Å². The molecule has 0 bridgehead atoms. The molecule has 2 aromatic carbocycles. The molecule has 2 aliphatic heterocycles. The largest absolute Gasteiger partial charge is 0.493 e. The lowest BCUT2D eigenvalue weighted by molar-refractivity contribution is -0.384. The summed E-state index contributed by atoms with van der Waals surface area (Å²) in [5, 5.41) is 10.8. The zero-order valence-electron chi connectivity index (χ0n) is 17.9. The van der Waals surface area contributed by atoms with Crippen molar-refractivity contribution in [3.8, 4) is 11.5 Å². The lowest BCUT2D eigenvalue weighted by Gasteiger charge is -2.36. The highest BCUT2D eigenvalue weighted by Gasteiger charge is 2.53. The molecule has 0 fully saturated rings. The Balaban J connectivity index is 1.41. The van der Waals surface area contributed by atoms with Gasteiger partial charge in [-0.2, -0.15) is 0 Å². The summed E-state index contributed by atoms with van der Waals surface area (Å²) in [6.07, 6.45) is 4.91. The fourth-order valence-electron chi connectivity index (χ4n) is 5.08. The molecule has 0 radical (unpaired) electrons. The molecule has 0 unspecified atom stereocenters. The molecule has 0 aromatic heterocycles. The number of nitrogens with zero attached hydrogens (tertiary/aromatic N) is 2. The summed E-state index contributed by atoms with van der Waals surface area (Å²) in [6, 6.07) is 9.49. The molecule has 0 saturated carbocycles. The van der Waals surface area contributed by atoms with Crippen molar-refractivity contribution in [1.29, 1.82) is 0 Å². The van der Waals surface area contributed by atoms with Crippen LogP contribution in [0.3, 0.4) is 0 Å². The van der Waals surface area contributed by atoms with Gasteiger partial charge in [-0.15, -0.1) is 0 Å². The number of benzene rings is 2. The van der Waals surface area contributed by atoms with E-state index >= 15 is 0 Å². The van der Waals surface area contributed by atoms with E-state index in [1.807, 2.05) is 12.1 Å². The van der Waals surface area contributed by atoms with Crippen molar-refractivity contribution in [2.75, 3.05) is 20.7 Å². The molecule has 3 aliphatic rings. The SMILES string of the molecule is COc1ccc2c3c1O[C@H]1C[C@@H](OC(=O)c4ccc([N+](=O)[O-])cc4)C=C[C@@]31CCN(C)C2. The zero-order valence-corrected chi connectivity index (χ0v) is 17.9. The van der Waals surface area contributed by atoms with E-state index in [1.165, 1.54) is 35.4 Å². The first kappa shape index (κ1) is 20.5. The maximum Gasteiger partial charge on any atom is 0.338 e. The van der Waals surface area contributed by atoms with Gasteiger partial charge in [-0.3, -0.25) is 10.1 Å². The number of nitro benzene ring substituents is 1. The molecule has 2 aromatic rings. The Hall–Kier alpha value is -3.39. The Kier molecular flexibility index (Phi) is 4.89. The molecule has 0 N–H and O–H groups in total. The second-order valence-electron chi connectivity index (χ2n) is 8.61. The summed E-state index contributed by atoms with van der Waals surface area (Å²) in [7, 11) is 3.76. The van der Waals surface area contributed by atoms with Gasteiger partial charge >= 0.3 is 5.97 Å². The van der Waals surface area contributed by atoms with Crippen LogP contribution in [0.25, 0.3) is 0 Å². The molecule has 166 valence electrons. The second-order valence-corrected chi connectivity index (χ2v) is 8.61. The molecule has 2 heterocycles. The quantitative estimate of drug-likeness (QED) is 0.313. The minimum Gasteiger partial charge on any atom is -0.493 e. The van der Waals surface area contributed by atoms with Crippen LogP contribution in [-0.2, 0) is 16.7 Å². The van der Waals surface area contributed by atoms with Crippen LogP contribution in [-0.4, -0.2) is 48.7 Å². The van der Waals surface area contributed by atoms with Gasteiger partial charge in [0, 0.05) is 30.7 Å². The van der Waals surface area contributed by atoms with Crippen LogP contribution in [0.4, 0.5) is 5.69 Å². The monoisotopic (exact) mass is 436 g/mol. The topological polar surface area (TPSA) is 91.1 Å². The molecule has 1 spiro atoms. The maximum absolute atomic E-state index is 12.6. The third-order valence-corrected chi connectivity index (χ3v) is 6.70. The lowest BCUT2D eigenvalue weighted by Crippen LogP contribution is -2.43. The molecule has 3 atom stereocenters. The summed E-state index contributed by atoms with van der Waals surface area (Å²) in [5.74, 6) is 0.993. The predicted molar refractivity (Wildman–Crippen MR) is 116 cm³/mol. The number of carbonyl (C=O) groups is 1. The number of nitro groups is 1. The highest BCUT2D eigenvalue weighted by molar-refractivity contribution is 5.89. The number of carbonyl (C=O) groups excluding carboxylic acids is 1. The minimum atomic E-state index is -0.514. The summed E-state index contributed by atoms with van der Waals surface area (Å²) in [4.78, 5) is 25.3. The van der Waals surface area contributed by atoms with Gasteiger partial charge in [0.1, 0.15) is 12.2 Å². The number of esters is 1. The fourth-order valence-corrected chi connectivity index (χ4v) is 5.08. The van der Waals surface area contributed by atoms with E-state index in [4.69, 9.17) is 14.2 Å². The Bertz CT molecular complexity index is 1110. The summed E-state index contributed by atoms with van der Waals surface area (Å²) >= 11 is 0. The number of hydrogen-bond acceptors (Lipinski definition) is 7. The molecule has 32 heavy (non-hydrogen) atoms. The molecule has 1 aliphatic carbocycles. The highest BCUT2D eigenvalue weighted by Crippen LogP contribution is 2.55. The Labute approximate surface area is 185 Å². The molecule has 5 rings (SSSR count). The van der Waals surface area contributed by atoms with E-state index in [0.717, 1.165) is 31.0 Å².